The highest BCUT2D eigenvalue weighted by Gasteiger charge is 2.18. The molecule has 2 aromatic carbocycles. The molecule has 0 saturated carbocycles. The number of rotatable bonds is 11. The van der Waals surface area contributed by atoms with Crippen LogP contribution in [0.3, 0.4) is 0 Å². The number of aromatic amines is 1. The summed E-state index contributed by atoms with van der Waals surface area (Å²) in [7, 11) is 0. The Morgan fingerprint density at radius 3 is 2.40 bits per heavy atom. The quantitative estimate of drug-likeness (QED) is 0.321. The van der Waals surface area contributed by atoms with Crippen LogP contribution in [0.1, 0.15) is 68.6 Å². The van der Waals surface area contributed by atoms with Gasteiger partial charge in [-0.1, -0.05) is 81.6 Å². The van der Waals surface area contributed by atoms with Crippen molar-refractivity contribution in [2.24, 2.45) is 0 Å². The van der Waals surface area contributed by atoms with Crippen LogP contribution < -0.4 is 5.69 Å². The third-order valence-corrected chi connectivity index (χ3v) is 6.01. The second-order valence-electron chi connectivity index (χ2n) is 8.63. The lowest BCUT2D eigenvalue weighted by molar-refractivity contribution is 0.0880. The lowest BCUT2D eigenvalue weighted by Gasteiger charge is -2.09. The number of carbonyl (C=O) groups is 1. The van der Waals surface area contributed by atoms with Crippen molar-refractivity contribution < 1.29 is 4.79 Å². The molecule has 0 bridgehead atoms. The molecule has 0 spiro atoms. The van der Waals surface area contributed by atoms with Gasteiger partial charge >= 0.3 is 5.69 Å². The highest BCUT2D eigenvalue weighted by atomic mass is 16.2. The number of H-pyrrole nitrogens is 1. The molecule has 4 rings (SSSR count). The van der Waals surface area contributed by atoms with Gasteiger partial charge in [-0.25, -0.2) is 4.79 Å². The van der Waals surface area contributed by atoms with E-state index in [1.54, 1.807) is 4.57 Å². The summed E-state index contributed by atoms with van der Waals surface area (Å²) in [6.45, 7) is 4.45. The fraction of sp³-hybridized carbons (Fsp3) is 0.385. The average Bonchev–Trinajstić information content (AvgIpc) is 3.52. The van der Waals surface area contributed by atoms with E-state index in [2.05, 4.69) is 32.6 Å². The first-order valence-corrected chi connectivity index (χ1v) is 12.3. The van der Waals surface area contributed by atoms with E-state index in [4.69, 9.17) is 0 Å². The lowest BCUT2D eigenvalue weighted by Crippen LogP contribution is -2.30. The SMILES string of the molecule is CCCCCCc1nn(C(=O)CCC)c(=O)n1Cc1ccc(-c2ccccc2-c2nn[nH]n2)cc1. The van der Waals surface area contributed by atoms with E-state index in [1.807, 2.05) is 55.5 Å². The van der Waals surface area contributed by atoms with E-state index in [9.17, 15) is 9.59 Å². The molecular formula is C26H31N7O2. The van der Waals surface area contributed by atoms with Gasteiger partial charge < -0.3 is 0 Å². The number of aryl methyl sites for hydroxylation is 1. The molecule has 0 aliphatic heterocycles. The number of carbonyl (C=O) groups excluding carboxylic acids is 1. The van der Waals surface area contributed by atoms with Gasteiger partial charge in [-0.15, -0.1) is 20.0 Å². The first kappa shape index (κ1) is 24.3. The van der Waals surface area contributed by atoms with Crippen LogP contribution >= 0.6 is 0 Å². The van der Waals surface area contributed by atoms with Crippen LogP contribution in [-0.4, -0.2) is 40.9 Å². The molecule has 0 unspecified atom stereocenters. The van der Waals surface area contributed by atoms with Gasteiger partial charge in [-0.3, -0.25) is 9.36 Å². The second-order valence-corrected chi connectivity index (χ2v) is 8.63. The Kier molecular flexibility index (Phi) is 7.97. The Morgan fingerprint density at radius 1 is 0.943 bits per heavy atom. The largest absolute Gasteiger partial charge is 0.353 e. The smallest absolute Gasteiger partial charge is 0.274 e. The van der Waals surface area contributed by atoms with Crippen molar-refractivity contribution in [3.8, 4) is 22.5 Å². The molecule has 2 heterocycles. The second kappa shape index (κ2) is 11.5. The summed E-state index contributed by atoms with van der Waals surface area (Å²) in [4.78, 5) is 25.5. The summed E-state index contributed by atoms with van der Waals surface area (Å²) < 4.78 is 2.69. The van der Waals surface area contributed by atoms with Crippen molar-refractivity contribution in [3.63, 3.8) is 0 Å². The van der Waals surface area contributed by atoms with Gasteiger partial charge in [-0.2, -0.15) is 5.21 Å². The highest BCUT2D eigenvalue weighted by Crippen LogP contribution is 2.29. The Balaban J connectivity index is 1.60. The van der Waals surface area contributed by atoms with Gasteiger partial charge in [-0.05, 0) is 34.7 Å². The molecular weight excluding hydrogens is 442 g/mol. The predicted molar refractivity (Wildman–Crippen MR) is 134 cm³/mol. The van der Waals surface area contributed by atoms with E-state index in [1.165, 1.54) is 0 Å². The van der Waals surface area contributed by atoms with Gasteiger partial charge in [0.25, 0.3) is 5.91 Å². The fourth-order valence-electron chi connectivity index (χ4n) is 4.15. The van der Waals surface area contributed by atoms with E-state index in [0.29, 0.717) is 37.5 Å². The summed E-state index contributed by atoms with van der Waals surface area (Å²) in [5.74, 6) is 0.953. The molecule has 0 aliphatic rings. The number of hydrogen-bond donors (Lipinski definition) is 1. The van der Waals surface area contributed by atoms with Crippen LogP contribution in [0, 0.1) is 0 Å². The number of nitrogens with one attached hydrogen (secondary N) is 1. The zero-order chi connectivity index (χ0) is 24.6. The highest BCUT2D eigenvalue weighted by molar-refractivity contribution is 5.80. The topological polar surface area (TPSA) is 111 Å². The van der Waals surface area contributed by atoms with Crippen LogP contribution in [0.15, 0.2) is 53.3 Å². The number of nitrogens with zero attached hydrogens (tertiary/aromatic N) is 6. The van der Waals surface area contributed by atoms with Crippen molar-refractivity contribution in [3.05, 3.63) is 70.4 Å². The Hall–Kier alpha value is -3.88. The maximum atomic E-state index is 13.1. The zero-order valence-corrected chi connectivity index (χ0v) is 20.3. The summed E-state index contributed by atoms with van der Waals surface area (Å²) in [6.07, 6.45) is 5.97. The minimum atomic E-state index is -0.361. The zero-order valence-electron chi connectivity index (χ0n) is 20.3. The molecule has 182 valence electrons. The van der Waals surface area contributed by atoms with E-state index >= 15 is 0 Å². The van der Waals surface area contributed by atoms with E-state index < -0.39 is 0 Å². The Bertz CT molecular complexity index is 1300. The minimum Gasteiger partial charge on any atom is -0.274 e. The summed E-state index contributed by atoms with van der Waals surface area (Å²) >= 11 is 0. The normalized spacial score (nSPS) is 11.1. The molecule has 1 N–H and O–H groups in total. The molecule has 0 fully saturated rings. The minimum absolute atomic E-state index is 0.250. The molecule has 0 atom stereocenters. The molecule has 0 amide bonds. The lowest BCUT2D eigenvalue weighted by atomic mass is 9.98. The van der Waals surface area contributed by atoms with E-state index in [-0.39, 0.29) is 11.6 Å². The molecule has 0 saturated heterocycles. The molecule has 9 heteroatoms. The predicted octanol–water partition coefficient (Wildman–Crippen LogP) is 4.50. The van der Waals surface area contributed by atoms with Gasteiger partial charge in [0, 0.05) is 18.4 Å². The number of hydrogen-bond acceptors (Lipinski definition) is 6. The molecule has 2 aromatic heterocycles. The van der Waals surface area contributed by atoms with Crippen molar-refractivity contribution in [1.29, 1.82) is 0 Å². The Morgan fingerprint density at radius 2 is 1.71 bits per heavy atom. The first-order valence-electron chi connectivity index (χ1n) is 12.3. The monoisotopic (exact) mass is 473 g/mol. The third kappa shape index (κ3) is 5.62. The van der Waals surface area contributed by atoms with Crippen molar-refractivity contribution in [1.82, 2.24) is 35.0 Å². The molecule has 0 aliphatic carbocycles. The molecule has 0 radical (unpaired) electrons. The van der Waals surface area contributed by atoms with Crippen molar-refractivity contribution in [2.45, 2.75) is 65.3 Å². The maximum Gasteiger partial charge on any atom is 0.353 e. The molecule has 35 heavy (non-hydrogen) atoms. The third-order valence-electron chi connectivity index (χ3n) is 6.01. The van der Waals surface area contributed by atoms with Crippen LogP contribution in [0.25, 0.3) is 22.5 Å². The number of benzene rings is 2. The Labute approximate surface area is 204 Å². The summed E-state index contributed by atoms with van der Waals surface area (Å²) in [5.41, 5.74) is 3.49. The maximum absolute atomic E-state index is 13.1. The van der Waals surface area contributed by atoms with Crippen LogP contribution in [0.5, 0.6) is 0 Å². The molecule has 4 aromatic rings. The van der Waals surface area contributed by atoms with Gasteiger partial charge in [0.15, 0.2) is 0 Å². The number of unbranched alkanes of at least 4 members (excludes halogenated alkanes) is 3. The summed E-state index contributed by atoms with van der Waals surface area (Å²) in [5, 5.41) is 18.8. The van der Waals surface area contributed by atoms with Crippen LogP contribution in [0.2, 0.25) is 0 Å². The standard InChI is InChI=1S/C26H31N7O2/c1-3-5-6-7-13-23-29-33(24(34)10-4-2)26(35)32(23)18-19-14-16-20(17-15-19)21-11-8-9-12-22(21)25-27-30-31-28-25/h8-9,11-12,14-17H,3-7,10,13,18H2,1-2H3,(H,27,28,30,31). The van der Waals surface area contributed by atoms with Crippen molar-refractivity contribution >= 4 is 5.91 Å². The van der Waals surface area contributed by atoms with Gasteiger partial charge in [0.05, 0.1) is 6.54 Å². The van der Waals surface area contributed by atoms with Crippen LogP contribution in [0.4, 0.5) is 0 Å². The number of aromatic nitrogens is 7. The molecule has 9 nitrogen and oxygen atoms in total. The van der Waals surface area contributed by atoms with Crippen molar-refractivity contribution in [2.75, 3.05) is 0 Å². The fourth-order valence-corrected chi connectivity index (χ4v) is 4.15. The van der Waals surface area contributed by atoms with E-state index in [0.717, 1.165) is 52.6 Å². The first-order chi connectivity index (χ1) is 17.1. The summed E-state index contributed by atoms with van der Waals surface area (Å²) in [6, 6.07) is 15.9. The van der Waals surface area contributed by atoms with Gasteiger partial charge in [0.2, 0.25) is 5.82 Å². The van der Waals surface area contributed by atoms with Crippen LogP contribution in [-0.2, 0) is 13.0 Å². The average molecular weight is 474 g/mol. The number of tetrazole rings is 1. The van der Waals surface area contributed by atoms with Gasteiger partial charge in [0.1, 0.15) is 5.82 Å².